The van der Waals surface area contributed by atoms with E-state index in [0.29, 0.717) is 12.0 Å². The summed E-state index contributed by atoms with van der Waals surface area (Å²) < 4.78 is 0.975. The van der Waals surface area contributed by atoms with E-state index in [-0.39, 0.29) is 6.03 Å². The largest absolute Gasteiger partial charge is 0.322 e. The van der Waals surface area contributed by atoms with E-state index < -0.39 is 0 Å². The molecule has 2 atom stereocenters. The Hall–Kier alpha value is -1.03. The van der Waals surface area contributed by atoms with Crippen molar-refractivity contribution in [3.63, 3.8) is 0 Å². The number of rotatable bonds is 1. The van der Waals surface area contributed by atoms with E-state index in [1.807, 2.05) is 29.2 Å². The monoisotopic (exact) mass is 324 g/mol. The second-order valence-electron chi connectivity index (χ2n) is 5.48. The van der Waals surface area contributed by atoms with Crippen LogP contribution in [0.2, 0.25) is 0 Å². The van der Waals surface area contributed by atoms with Crippen LogP contribution in [0, 0.1) is 5.92 Å². The number of hydrogen-bond donors (Lipinski definition) is 1. The van der Waals surface area contributed by atoms with E-state index in [1.54, 1.807) is 0 Å². The number of amides is 2. The molecule has 2 rings (SSSR count). The first-order chi connectivity index (χ1) is 9.06. The van der Waals surface area contributed by atoms with Gasteiger partial charge < -0.3 is 10.2 Å². The summed E-state index contributed by atoms with van der Waals surface area (Å²) in [5.41, 5.74) is 0.837. The van der Waals surface area contributed by atoms with Gasteiger partial charge in [-0.3, -0.25) is 0 Å². The highest BCUT2D eigenvalue weighted by Gasteiger charge is 2.25. The number of halogens is 1. The maximum atomic E-state index is 12.4. The minimum atomic E-state index is 0.0133. The number of carbonyl (C=O) groups excluding carboxylic acids is 1. The first-order valence-electron chi connectivity index (χ1n) is 6.89. The molecule has 1 heterocycles. The third-order valence-corrected chi connectivity index (χ3v) is 4.19. The molecule has 1 aromatic rings. The standard InChI is InChI=1S/C15H21BrN2O/c1-11-5-3-6-12(2)18(10-11)15(19)17-14-8-4-7-13(16)9-14/h4,7-9,11-12H,3,5-6,10H2,1-2H3,(H,17,19)/t11-,12-/m1/s1. The van der Waals surface area contributed by atoms with Gasteiger partial charge in [0.2, 0.25) is 0 Å². The number of nitrogens with zero attached hydrogens (tertiary/aromatic N) is 1. The van der Waals surface area contributed by atoms with Crippen LogP contribution < -0.4 is 5.32 Å². The third-order valence-electron chi connectivity index (χ3n) is 3.70. The lowest BCUT2D eigenvalue weighted by molar-refractivity contribution is 0.187. The zero-order chi connectivity index (χ0) is 13.8. The predicted octanol–water partition coefficient (Wildman–Crippen LogP) is 4.49. The van der Waals surface area contributed by atoms with Crippen molar-refractivity contribution < 1.29 is 4.79 Å². The normalized spacial score (nSPS) is 23.8. The molecule has 0 aromatic heterocycles. The molecule has 1 aliphatic rings. The van der Waals surface area contributed by atoms with E-state index in [0.717, 1.165) is 23.1 Å². The molecule has 0 spiro atoms. The van der Waals surface area contributed by atoms with Crippen LogP contribution in [0.3, 0.4) is 0 Å². The Labute approximate surface area is 123 Å². The predicted molar refractivity (Wildman–Crippen MR) is 82.3 cm³/mol. The van der Waals surface area contributed by atoms with Crippen molar-refractivity contribution in [2.24, 2.45) is 5.92 Å². The zero-order valence-corrected chi connectivity index (χ0v) is 13.1. The molecule has 0 unspecified atom stereocenters. The second kappa shape index (κ2) is 6.42. The summed E-state index contributed by atoms with van der Waals surface area (Å²) in [6.07, 6.45) is 3.52. The molecular formula is C15H21BrN2O. The summed E-state index contributed by atoms with van der Waals surface area (Å²) >= 11 is 3.42. The van der Waals surface area contributed by atoms with Gasteiger partial charge in [-0.05, 0) is 43.9 Å². The minimum Gasteiger partial charge on any atom is -0.322 e. The summed E-state index contributed by atoms with van der Waals surface area (Å²) in [6, 6.07) is 8.04. The average molecular weight is 325 g/mol. The van der Waals surface area contributed by atoms with E-state index in [1.165, 1.54) is 12.8 Å². The summed E-state index contributed by atoms with van der Waals surface area (Å²) in [5, 5.41) is 2.99. The number of urea groups is 1. The van der Waals surface area contributed by atoms with Crippen LogP contribution in [0.25, 0.3) is 0 Å². The number of likely N-dealkylation sites (tertiary alicyclic amines) is 1. The summed E-state index contributed by atoms with van der Waals surface area (Å²) in [5.74, 6) is 0.582. The molecule has 19 heavy (non-hydrogen) atoms. The van der Waals surface area contributed by atoms with Crippen molar-refractivity contribution in [2.75, 3.05) is 11.9 Å². The van der Waals surface area contributed by atoms with E-state index in [2.05, 4.69) is 35.1 Å². The Morgan fingerprint density at radius 3 is 2.89 bits per heavy atom. The van der Waals surface area contributed by atoms with Gasteiger partial charge in [0, 0.05) is 22.7 Å². The Bertz CT molecular complexity index is 450. The fourth-order valence-electron chi connectivity index (χ4n) is 2.57. The summed E-state index contributed by atoms with van der Waals surface area (Å²) in [6.45, 7) is 5.21. The molecule has 104 valence electrons. The van der Waals surface area contributed by atoms with Crippen LogP contribution in [0.5, 0.6) is 0 Å². The molecule has 1 N–H and O–H groups in total. The zero-order valence-electron chi connectivity index (χ0n) is 11.5. The highest BCUT2D eigenvalue weighted by molar-refractivity contribution is 9.10. The first kappa shape index (κ1) is 14.4. The maximum Gasteiger partial charge on any atom is 0.322 e. The SMILES string of the molecule is C[C@@H]1CCC[C@@H](C)N(C(=O)Nc2cccc(Br)c2)C1. The van der Waals surface area contributed by atoms with Crippen molar-refractivity contribution >= 4 is 27.6 Å². The second-order valence-corrected chi connectivity index (χ2v) is 6.39. The maximum absolute atomic E-state index is 12.4. The van der Waals surface area contributed by atoms with Gasteiger partial charge in [0.25, 0.3) is 0 Å². The Balaban J connectivity index is 2.05. The lowest BCUT2D eigenvalue weighted by atomic mass is 10.1. The Morgan fingerprint density at radius 1 is 1.37 bits per heavy atom. The summed E-state index contributed by atoms with van der Waals surface area (Å²) in [4.78, 5) is 14.4. The molecule has 1 aromatic carbocycles. The van der Waals surface area contributed by atoms with Crippen LogP contribution in [0.4, 0.5) is 10.5 Å². The van der Waals surface area contributed by atoms with Gasteiger partial charge >= 0.3 is 6.03 Å². The van der Waals surface area contributed by atoms with E-state index in [4.69, 9.17) is 0 Å². The Kier molecular flexibility index (Phi) is 4.86. The van der Waals surface area contributed by atoms with Gasteiger partial charge in [0.15, 0.2) is 0 Å². The molecular weight excluding hydrogens is 304 g/mol. The van der Waals surface area contributed by atoms with E-state index in [9.17, 15) is 4.79 Å². The van der Waals surface area contributed by atoms with Crippen LogP contribution in [0.15, 0.2) is 28.7 Å². The number of benzene rings is 1. The van der Waals surface area contributed by atoms with Crippen molar-refractivity contribution in [1.29, 1.82) is 0 Å². The van der Waals surface area contributed by atoms with Gasteiger partial charge in [0.05, 0.1) is 0 Å². The number of nitrogens with one attached hydrogen (secondary N) is 1. The van der Waals surface area contributed by atoms with Crippen LogP contribution in [-0.2, 0) is 0 Å². The number of carbonyl (C=O) groups is 1. The molecule has 0 radical (unpaired) electrons. The smallest absolute Gasteiger partial charge is 0.322 e. The topological polar surface area (TPSA) is 32.3 Å². The van der Waals surface area contributed by atoms with Gasteiger partial charge in [-0.25, -0.2) is 4.79 Å². The molecule has 2 amide bonds. The van der Waals surface area contributed by atoms with Gasteiger partial charge in [0.1, 0.15) is 0 Å². The molecule has 1 aliphatic heterocycles. The molecule has 0 saturated carbocycles. The molecule has 1 saturated heterocycles. The highest BCUT2D eigenvalue weighted by atomic mass is 79.9. The molecule has 0 bridgehead atoms. The number of anilines is 1. The van der Waals surface area contributed by atoms with Crippen molar-refractivity contribution in [3.8, 4) is 0 Å². The molecule has 0 aliphatic carbocycles. The van der Waals surface area contributed by atoms with Crippen molar-refractivity contribution in [1.82, 2.24) is 4.90 Å². The lowest BCUT2D eigenvalue weighted by Gasteiger charge is -2.28. The fourth-order valence-corrected chi connectivity index (χ4v) is 2.97. The molecule has 1 fully saturated rings. The van der Waals surface area contributed by atoms with Crippen LogP contribution in [-0.4, -0.2) is 23.5 Å². The van der Waals surface area contributed by atoms with Crippen molar-refractivity contribution in [3.05, 3.63) is 28.7 Å². The van der Waals surface area contributed by atoms with Crippen molar-refractivity contribution in [2.45, 2.75) is 39.2 Å². The summed E-state index contributed by atoms with van der Waals surface area (Å²) in [7, 11) is 0. The lowest BCUT2D eigenvalue weighted by Crippen LogP contribution is -2.42. The van der Waals surface area contributed by atoms with Gasteiger partial charge in [-0.15, -0.1) is 0 Å². The van der Waals surface area contributed by atoms with Crippen LogP contribution in [0.1, 0.15) is 33.1 Å². The molecule has 4 heteroatoms. The minimum absolute atomic E-state index is 0.0133. The Morgan fingerprint density at radius 2 is 2.16 bits per heavy atom. The van der Waals surface area contributed by atoms with Gasteiger partial charge in [-0.1, -0.05) is 35.3 Å². The third kappa shape index (κ3) is 3.96. The van der Waals surface area contributed by atoms with E-state index >= 15 is 0 Å². The highest BCUT2D eigenvalue weighted by Crippen LogP contribution is 2.22. The van der Waals surface area contributed by atoms with Gasteiger partial charge in [-0.2, -0.15) is 0 Å². The first-order valence-corrected chi connectivity index (χ1v) is 7.68. The van der Waals surface area contributed by atoms with Crippen LogP contribution >= 0.6 is 15.9 Å². The molecule has 3 nitrogen and oxygen atoms in total. The average Bonchev–Trinajstić information content (AvgIpc) is 2.51. The fraction of sp³-hybridized carbons (Fsp3) is 0.533. The number of hydrogen-bond acceptors (Lipinski definition) is 1. The quantitative estimate of drug-likeness (QED) is 0.810.